The van der Waals surface area contributed by atoms with Crippen LogP contribution in [0, 0.1) is 0 Å². The van der Waals surface area contributed by atoms with Gasteiger partial charge in [0.25, 0.3) is 5.91 Å². The molecule has 1 atom stereocenters. The molecule has 138 valence electrons. The number of carbonyl (C=O) groups excluding carboxylic acids is 2. The largest absolute Gasteiger partial charge is 0.467 e. The second-order valence-corrected chi connectivity index (χ2v) is 6.27. The highest BCUT2D eigenvalue weighted by atomic mass is 19.1. The highest BCUT2D eigenvalue weighted by molar-refractivity contribution is 5.86. The van der Waals surface area contributed by atoms with Crippen LogP contribution in [0.15, 0.2) is 47.3 Å². The van der Waals surface area contributed by atoms with Gasteiger partial charge in [-0.25, -0.2) is 9.18 Å². The molecule has 8 heteroatoms. The van der Waals surface area contributed by atoms with E-state index in [0.29, 0.717) is 18.7 Å². The fourth-order valence-corrected chi connectivity index (χ4v) is 2.90. The first kappa shape index (κ1) is 17.9. The minimum atomic E-state index is -2.09. The Morgan fingerprint density at radius 1 is 1.27 bits per heavy atom. The SMILES string of the molecule is O=C(NCc1ccco1)N1CCCC(F)(C(=O)NCc2cccnc2)C1. The molecular weight excluding hydrogens is 339 g/mol. The van der Waals surface area contributed by atoms with E-state index in [0.717, 1.165) is 5.56 Å². The predicted molar refractivity (Wildman–Crippen MR) is 91.7 cm³/mol. The molecule has 1 aliphatic rings. The van der Waals surface area contributed by atoms with Crippen LogP contribution in [0.5, 0.6) is 0 Å². The first-order valence-electron chi connectivity index (χ1n) is 8.48. The van der Waals surface area contributed by atoms with Gasteiger partial charge >= 0.3 is 6.03 Å². The van der Waals surface area contributed by atoms with Crippen molar-refractivity contribution in [1.29, 1.82) is 0 Å². The average Bonchev–Trinajstić information content (AvgIpc) is 3.18. The number of halogens is 1. The number of hydrogen-bond donors (Lipinski definition) is 2. The van der Waals surface area contributed by atoms with E-state index < -0.39 is 17.6 Å². The summed E-state index contributed by atoms with van der Waals surface area (Å²) in [6, 6.07) is 6.60. The van der Waals surface area contributed by atoms with Gasteiger partial charge in [0.2, 0.25) is 5.67 Å². The molecule has 3 heterocycles. The van der Waals surface area contributed by atoms with Gasteiger partial charge in [-0.15, -0.1) is 0 Å². The minimum absolute atomic E-state index is 0.0911. The Hall–Kier alpha value is -2.90. The molecule has 3 amide bonds. The number of pyridine rings is 1. The van der Waals surface area contributed by atoms with Gasteiger partial charge in [0.1, 0.15) is 5.76 Å². The fourth-order valence-electron chi connectivity index (χ4n) is 2.90. The maximum Gasteiger partial charge on any atom is 0.317 e. The standard InChI is InChI=1S/C18H21FN4O3/c19-18(16(24)21-11-14-4-1-7-20-10-14)6-3-8-23(13-18)17(25)22-12-15-5-2-9-26-15/h1-2,4-5,7,9-10H,3,6,8,11-13H2,(H,21,24)(H,22,25). The van der Waals surface area contributed by atoms with Crippen molar-refractivity contribution in [3.63, 3.8) is 0 Å². The number of nitrogens with zero attached hydrogens (tertiary/aromatic N) is 2. The van der Waals surface area contributed by atoms with Gasteiger partial charge in [0.05, 0.1) is 19.4 Å². The number of nitrogens with one attached hydrogen (secondary N) is 2. The molecule has 1 saturated heterocycles. The van der Waals surface area contributed by atoms with Crippen LogP contribution in [0.4, 0.5) is 9.18 Å². The van der Waals surface area contributed by atoms with Gasteiger partial charge in [-0.1, -0.05) is 6.07 Å². The molecule has 1 unspecified atom stereocenters. The molecule has 0 spiro atoms. The zero-order chi connectivity index (χ0) is 18.4. The summed E-state index contributed by atoms with van der Waals surface area (Å²) in [7, 11) is 0. The minimum Gasteiger partial charge on any atom is -0.467 e. The lowest BCUT2D eigenvalue weighted by atomic mass is 9.94. The van der Waals surface area contributed by atoms with Crippen LogP contribution in [0.3, 0.4) is 0 Å². The second kappa shape index (κ2) is 7.99. The van der Waals surface area contributed by atoms with Gasteiger partial charge in [-0.05, 0) is 36.6 Å². The van der Waals surface area contributed by atoms with Crippen molar-refractivity contribution in [3.8, 4) is 0 Å². The van der Waals surface area contributed by atoms with E-state index in [9.17, 15) is 9.59 Å². The van der Waals surface area contributed by atoms with Gasteiger partial charge in [0.15, 0.2) is 0 Å². The first-order valence-corrected chi connectivity index (χ1v) is 8.48. The van der Waals surface area contributed by atoms with Crippen molar-refractivity contribution in [2.75, 3.05) is 13.1 Å². The number of alkyl halides is 1. The lowest BCUT2D eigenvalue weighted by Gasteiger charge is -2.36. The number of amides is 3. The second-order valence-electron chi connectivity index (χ2n) is 6.27. The molecular formula is C18H21FN4O3. The molecule has 26 heavy (non-hydrogen) atoms. The van der Waals surface area contributed by atoms with E-state index in [1.165, 1.54) is 11.2 Å². The van der Waals surface area contributed by atoms with Gasteiger partial charge in [-0.2, -0.15) is 0 Å². The summed E-state index contributed by atoms with van der Waals surface area (Å²) in [4.78, 5) is 29.9. The van der Waals surface area contributed by atoms with Gasteiger partial charge in [0, 0.05) is 25.5 Å². The normalized spacial score (nSPS) is 19.8. The summed E-state index contributed by atoms with van der Waals surface area (Å²) in [6.07, 6.45) is 5.27. The number of rotatable bonds is 5. The van der Waals surface area contributed by atoms with E-state index in [4.69, 9.17) is 4.42 Å². The molecule has 7 nitrogen and oxygen atoms in total. The molecule has 1 aliphatic heterocycles. The maximum absolute atomic E-state index is 15.1. The third kappa shape index (κ3) is 4.38. The Bertz CT molecular complexity index is 738. The molecule has 2 N–H and O–H groups in total. The van der Waals surface area contributed by atoms with Crippen LogP contribution < -0.4 is 10.6 Å². The number of hydrogen-bond acceptors (Lipinski definition) is 4. The number of furan rings is 1. The number of piperidine rings is 1. The topological polar surface area (TPSA) is 87.5 Å². The van der Waals surface area contributed by atoms with Crippen molar-refractivity contribution in [2.24, 2.45) is 0 Å². The Morgan fingerprint density at radius 3 is 2.88 bits per heavy atom. The van der Waals surface area contributed by atoms with Gasteiger partial charge < -0.3 is 20.0 Å². The Morgan fingerprint density at radius 2 is 2.15 bits per heavy atom. The highest BCUT2D eigenvalue weighted by Gasteiger charge is 2.43. The summed E-state index contributed by atoms with van der Waals surface area (Å²) in [5.41, 5.74) is -1.31. The van der Waals surface area contributed by atoms with Gasteiger partial charge in [-0.3, -0.25) is 9.78 Å². The summed E-state index contributed by atoms with van der Waals surface area (Å²) < 4.78 is 20.3. The average molecular weight is 360 g/mol. The van der Waals surface area contributed by atoms with Crippen LogP contribution in [-0.4, -0.2) is 40.6 Å². The first-order chi connectivity index (χ1) is 12.6. The number of urea groups is 1. The van der Waals surface area contributed by atoms with E-state index in [-0.39, 0.29) is 26.1 Å². The molecule has 1 fully saturated rings. The smallest absolute Gasteiger partial charge is 0.317 e. The maximum atomic E-state index is 15.1. The summed E-state index contributed by atoms with van der Waals surface area (Å²) >= 11 is 0. The molecule has 0 saturated carbocycles. The van der Waals surface area contributed by atoms with E-state index in [1.807, 2.05) is 0 Å². The molecule has 2 aromatic heterocycles. The quantitative estimate of drug-likeness (QED) is 0.854. The van der Waals surface area contributed by atoms with Crippen LogP contribution in [0.2, 0.25) is 0 Å². The van der Waals surface area contributed by atoms with Crippen LogP contribution in [0.25, 0.3) is 0 Å². The van der Waals surface area contributed by atoms with Crippen molar-refractivity contribution in [3.05, 3.63) is 54.2 Å². The fraction of sp³-hybridized carbons (Fsp3) is 0.389. The van der Waals surface area contributed by atoms with Crippen molar-refractivity contribution < 1.29 is 18.4 Å². The zero-order valence-electron chi connectivity index (χ0n) is 14.3. The summed E-state index contributed by atoms with van der Waals surface area (Å²) in [5, 5.41) is 5.27. The zero-order valence-corrected chi connectivity index (χ0v) is 14.3. The molecule has 0 aromatic carbocycles. The van der Waals surface area contributed by atoms with Crippen LogP contribution in [0.1, 0.15) is 24.2 Å². The Kier molecular flexibility index (Phi) is 5.50. The number of carbonyl (C=O) groups is 2. The third-order valence-electron chi connectivity index (χ3n) is 4.31. The Labute approximate surface area is 150 Å². The predicted octanol–water partition coefficient (Wildman–Crippen LogP) is 2.00. The highest BCUT2D eigenvalue weighted by Crippen LogP contribution is 2.26. The monoisotopic (exact) mass is 360 g/mol. The van der Waals surface area contributed by atoms with Crippen LogP contribution in [-0.2, 0) is 17.9 Å². The molecule has 0 bridgehead atoms. The number of aromatic nitrogens is 1. The van der Waals surface area contributed by atoms with E-state index >= 15 is 4.39 Å². The van der Waals surface area contributed by atoms with E-state index in [1.54, 1.807) is 36.7 Å². The third-order valence-corrected chi connectivity index (χ3v) is 4.31. The van der Waals surface area contributed by atoms with Crippen LogP contribution >= 0.6 is 0 Å². The summed E-state index contributed by atoms with van der Waals surface area (Å²) in [6.45, 7) is 0.555. The van der Waals surface area contributed by atoms with E-state index in [2.05, 4.69) is 15.6 Å². The molecule has 0 aliphatic carbocycles. The van der Waals surface area contributed by atoms with Crippen molar-refractivity contribution >= 4 is 11.9 Å². The molecule has 0 radical (unpaired) electrons. The summed E-state index contributed by atoms with van der Waals surface area (Å²) in [5.74, 6) is -0.0963. The Balaban J connectivity index is 1.53. The van der Waals surface area contributed by atoms with Crippen molar-refractivity contribution in [1.82, 2.24) is 20.5 Å². The number of likely N-dealkylation sites (tertiary alicyclic amines) is 1. The van der Waals surface area contributed by atoms with Crippen molar-refractivity contribution in [2.45, 2.75) is 31.6 Å². The lowest BCUT2D eigenvalue weighted by Crippen LogP contribution is -2.57. The molecule has 3 rings (SSSR count). The molecule has 2 aromatic rings. The lowest BCUT2D eigenvalue weighted by molar-refractivity contribution is -0.136.